The second-order valence-corrected chi connectivity index (χ2v) is 11.1. The van der Waals surface area contributed by atoms with Crippen molar-refractivity contribution in [3.8, 4) is 5.75 Å². The molecule has 3 heterocycles. The lowest BCUT2D eigenvalue weighted by Crippen LogP contribution is -2.83. The number of carboxylic acid groups (broad SMARTS) is 1. The average molecular weight is 521 g/mol. The predicted molar refractivity (Wildman–Crippen MR) is 124 cm³/mol. The highest BCUT2D eigenvalue weighted by Gasteiger charge is 2.69. The van der Waals surface area contributed by atoms with Crippen LogP contribution in [0, 0.1) is 5.41 Å². The predicted octanol–water partition coefficient (Wildman–Crippen LogP) is 0.737. The number of carbonyl (C=O) groups is 3. The maximum Gasteiger partial charge on any atom is 0.313 e. The van der Waals surface area contributed by atoms with E-state index in [1.807, 2.05) is 6.07 Å². The molecule has 2 aliphatic heterocycles. The number of carboxylic acids is 1. The number of benzene rings is 1. The fraction of sp³-hybridized carbons (Fsp3) is 0.524. The van der Waals surface area contributed by atoms with Gasteiger partial charge in [-0.25, -0.2) is 5.10 Å². The molecule has 0 bridgehead atoms. The van der Waals surface area contributed by atoms with Gasteiger partial charge in [-0.15, -0.1) is 16.9 Å². The average Bonchev–Trinajstić information content (AvgIpc) is 3.53. The van der Waals surface area contributed by atoms with Gasteiger partial charge in [0.15, 0.2) is 6.61 Å². The highest BCUT2D eigenvalue weighted by Crippen LogP contribution is 2.52. The molecule has 3 aliphatic rings. The van der Waals surface area contributed by atoms with E-state index in [9.17, 15) is 19.5 Å². The molecule has 1 aliphatic carbocycles. The van der Waals surface area contributed by atoms with Gasteiger partial charge >= 0.3 is 5.97 Å². The highest BCUT2D eigenvalue weighted by molar-refractivity contribution is 8.01. The number of hydrogen-bond donors (Lipinski definition) is 3. The molecule has 2 saturated heterocycles. The highest BCUT2D eigenvalue weighted by atomic mass is 32.2. The molecule has 4 atom stereocenters. The smallest absolute Gasteiger partial charge is 0.313 e. The number of para-hydroxylation sites is 1. The van der Waals surface area contributed by atoms with E-state index in [0.717, 1.165) is 12.8 Å². The molecule has 2 aromatic rings. The largest absolute Gasteiger partial charge is 0.484 e. The lowest BCUT2D eigenvalue weighted by atomic mass is 9.83. The Bertz CT molecular complexity index is 1100. The Kier molecular flexibility index (Phi) is 6.36. The van der Waals surface area contributed by atoms with Gasteiger partial charge in [0.1, 0.15) is 16.5 Å². The number of rotatable bonds is 10. The minimum absolute atomic E-state index is 0.0132. The van der Waals surface area contributed by atoms with Crippen LogP contribution in [0.3, 0.4) is 0 Å². The zero-order valence-corrected chi connectivity index (χ0v) is 20.4. The Labute approximate surface area is 208 Å². The number of ether oxygens (including phenoxy) is 2. The van der Waals surface area contributed by atoms with Gasteiger partial charge in [-0.1, -0.05) is 36.9 Å². The van der Waals surface area contributed by atoms with Crippen molar-refractivity contribution >= 4 is 41.3 Å². The van der Waals surface area contributed by atoms with Gasteiger partial charge in [0.25, 0.3) is 17.5 Å². The third kappa shape index (κ3) is 4.45. The van der Waals surface area contributed by atoms with E-state index < -0.39 is 39.5 Å². The molecule has 5 rings (SSSR count). The zero-order valence-electron chi connectivity index (χ0n) is 18.7. The minimum atomic E-state index is -1.53. The van der Waals surface area contributed by atoms with Gasteiger partial charge in [-0.05, 0) is 35.4 Å². The zero-order chi connectivity index (χ0) is 24.6. The quantitative estimate of drug-likeness (QED) is 0.230. The number of nitrogens with one attached hydrogen (secondary N) is 2. The summed E-state index contributed by atoms with van der Waals surface area (Å²) >= 11 is 2.50. The summed E-state index contributed by atoms with van der Waals surface area (Å²) in [5.74, 6) is -1.19. The fourth-order valence-electron chi connectivity index (χ4n) is 4.16. The molecular formula is C21H24N6O6S2. The number of β-lactam (4-membered cyclic amide) rings is 1. The number of hydrogen-bond acceptors (Lipinski definition) is 10. The van der Waals surface area contributed by atoms with Gasteiger partial charge in [-0.2, -0.15) is 0 Å². The third-order valence-electron chi connectivity index (χ3n) is 6.29. The van der Waals surface area contributed by atoms with Crippen LogP contribution in [0.25, 0.3) is 0 Å². The Balaban J connectivity index is 1.30. The van der Waals surface area contributed by atoms with E-state index >= 15 is 0 Å². The molecule has 0 radical (unpaired) electrons. The van der Waals surface area contributed by atoms with Gasteiger partial charge < -0.3 is 24.8 Å². The Morgan fingerprint density at radius 1 is 1.37 bits per heavy atom. The molecule has 3 N–H and O–H groups in total. The second kappa shape index (κ2) is 9.32. The van der Waals surface area contributed by atoms with Crippen molar-refractivity contribution in [1.82, 2.24) is 30.8 Å². The lowest BCUT2D eigenvalue weighted by Gasteiger charge is -2.59. The summed E-state index contributed by atoms with van der Waals surface area (Å²) in [6, 6.07) is 8.90. The maximum absolute atomic E-state index is 13.4. The second-order valence-electron chi connectivity index (χ2n) is 8.73. The van der Waals surface area contributed by atoms with Gasteiger partial charge in [-0.3, -0.25) is 14.4 Å². The summed E-state index contributed by atoms with van der Waals surface area (Å²) < 4.78 is 11.6. The van der Waals surface area contributed by atoms with Crippen LogP contribution >= 0.6 is 23.5 Å². The summed E-state index contributed by atoms with van der Waals surface area (Å²) in [6.45, 7) is 1.49. The number of tetrazole rings is 1. The van der Waals surface area contributed by atoms with Gasteiger partial charge in [0, 0.05) is 17.5 Å². The van der Waals surface area contributed by atoms with E-state index in [2.05, 4.69) is 25.9 Å². The van der Waals surface area contributed by atoms with Crippen molar-refractivity contribution in [3.63, 3.8) is 0 Å². The van der Waals surface area contributed by atoms with Crippen molar-refractivity contribution in [1.29, 1.82) is 0 Å². The molecule has 2 amide bonds. The van der Waals surface area contributed by atoms with Gasteiger partial charge in [0.2, 0.25) is 5.16 Å². The Morgan fingerprint density at radius 2 is 2.14 bits per heavy atom. The number of amides is 2. The first-order valence-corrected chi connectivity index (χ1v) is 13.0. The SMILES string of the molecule is CC(Sc1nnn[nH]1)C1(C(=O)O)CS[C@H]2N(C1)C(=O)C2(NC(=O)COc1ccccc1)OC1CC1. The summed E-state index contributed by atoms with van der Waals surface area (Å²) in [5, 5.41) is 25.9. The molecule has 1 aromatic carbocycles. The van der Waals surface area contributed by atoms with E-state index in [1.54, 1.807) is 31.2 Å². The summed E-state index contributed by atoms with van der Waals surface area (Å²) in [4.78, 5) is 40.1. The van der Waals surface area contributed by atoms with Crippen molar-refractivity contribution in [2.45, 2.75) is 47.4 Å². The normalized spacial score (nSPS) is 28.5. The summed E-state index contributed by atoms with van der Waals surface area (Å²) in [5.41, 5.74) is -2.76. The number of fused-ring (bicyclic) bond motifs is 1. The third-order valence-corrected chi connectivity index (χ3v) is 9.08. The molecule has 14 heteroatoms. The van der Waals surface area contributed by atoms with E-state index in [0.29, 0.717) is 10.9 Å². The summed E-state index contributed by atoms with van der Waals surface area (Å²) in [7, 11) is 0. The maximum atomic E-state index is 13.4. The van der Waals surface area contributed by atoms with Crippen LogP contribution in [-0.2, 0) is 19.1 Å². The lowest BCUT2D eigenvalue weighted by molar-refractivity contribution is -0.209. The monoisotopic (exact) mass is 520 g/mol. The topological polar surface area (TPSA) is 160 Å². The first-order valence-electron chi connectivity index (χ1n) is 11.1. The first-order chi connectivity index (χ1) is 16.8. The van der Waals surface area contributed by atoms with Crippen molar-refractivity contribution in [3.05, 3.63) is 30.3 Å². The Hall–Kier alpha value is -2.84. The Morgan fingerprint density at radius 3 is 2.80 bits per heavy atom. The van der Waals surface area contributed by atoms with Crippen LogP contribution in [0.4, 0.5) is 0 Å². The van der Waals surface area contributed by atoms with E-state index in [-0.39, 0.29) is 25.0 Å². The van der Waals surface area contributed by atoms with Crippen LogP contribution in [-0.4, -0.2) is 89.8 Å². The van der Waals surface area contributed by atoms with E-state index in [4.69, 9.17) is 9.47 Å². The molecule has 1 aromatic heterocycles. The number of H-pyrrole nitrogens is 1. The first kappa shape index (κ1) is 23.9. The molecular weight excluding hydrogens is 496 g/mol. The van der Waals surface area contributed by atoms with Crippen molar-refractivity contribution < 1.29 is 29.0 Å². The van der Waals surface area contributed by atoms with Crippen LogP contribution in [0.15, 0.2) is 35.5 Å². The van der Waals surface area contributed by atoms with Crippen molar-refractivity contribution in [2.75, 3.05) is 18.9 Å². The molecule has 186 valence electrons. The minimum Gasteiger partial charge on any atom is -0.484 e. The molecule has 1 saturated carbocycles. The number of aromatic nitrogens is 4. The van der Waals surface area contributed by atoms with E-state index in [1.165, 1.54) is 28.4 Å². The molecule has 3 fully saturated rings. The summed E-state index contributed by atoms with van der Waals surface area (Å²) in [6.07, 6.45) is 1.50. The number of aromatic amines is 1. The van der Waals surface area contributed by atoms with Crippen LogP contribution in [0.5, 0.6) is 5.75 Å². The van der Waals surface area contributed by atoms with Crippen LogP contribution in [0.2, 0.25) is 0 Å². The number of thioether (sulfide) groups is 2. The van der Waals surface area contributed by atoms with Crippen molar-refractivity contribution in [2.24, 2.45) is 5.41 Å². The number of aliphatic carboxylic acids is 1. The molecule has 12 nitrogen and oxygen atoms in total. The van der Waals surface area contributed by atoms with Crippen LogP contribution in [0.1, 0.15) is 19.8 Å². The fourth-order valence-corrected chi connectivity index (χ4v) is 6.98. The van der Waals surface area contributed by atoms with Crippen LogP contribution < -0.4 is 10.1 Å². The number of carbonyl (C=O) groups excluding carboxylic acids is 2. The van der Waals surface area contributed by atoms with Gasteiger partial charge in [0.05, 0.1) is 6.10 Å². The molecule has 0 spiro atoms. The standard InChI is InChI=1S/C21H24N6O6S2/c1-12(35-19-23-25-26-24-19)20(18(30)31)10-27-16(29)21(17(27)34-11-20,33-14-7-8-14)22-15(28)9-32-13-5-3-2-4-6-13/h2-6,12,14,17H,7-11H2,1H3,(H,22,28)(H,30,31)(H,23,24,25,26)/t12?,17-,20?,21?/m1/s1. The number of nitrogens with zero attached hydrogens (tertiary/aromatic N) is 4. The molecule has 3 unspecified atom stereocenters. The molecule has 35 heavy (non-hydrogen) atoms.